The molecule has 2 N–H and O–H groups in total. The Bertz CT molecular complexity index is 440. The number of aliphatic hydroxyl groups is 1. The monoisotopic (exact) mass is 280 g/mol. The molecule has 0 saturated carbocycles. The fraction of sp³-hybridized carbons (Fsp3) is 0.533. The molecule has 0 aliphatic carbocycles. The van der Waals surface area contributed by atoms with Crippen LogP contribution in [-0.2, 0) is 4.79 Å². The predicted molar refractivity (Wildman–Crippen MR) is 75.9 cm³/mol. The van der Waals surface area contributed by atoms with Crippen LogP contribution in [0.25, 0.3) is 0 Å². The molecule has 4 nitrogen and oxygen atoms in total. The predicted octanol–water partition coefficient (Wildman–Crippen LogP) is 1.86. The number of nitrogens with zero attached hydrogens (tertiary/aromatic N) is 1. The number of hydrogen-bond acceptors (Lipinski definition) is 3. The lowest BCUT2D eigenvalue weighted by Crippen LogP contribution is -2.41. The number of rotatable bonds is 4. The molecule has 1 saturated heterocycles. The van der Waals surface area contributed by atoms with Crippen molar-refractivity contribution in [3.05, 3.63) is 30.1 Å². The van der Waals surface area contributed by atoms with Crippen molar-refractivity contribution < 1.29 is 14.3 Å². The van der Waals surface area contributed by atoms with E-state index in [0.29, 0.717) is 18.2 Å². The van der Waals surface area contributed by atoms with Crippen molar-refractivity contribution in [3.63, 3.8) is 0 Å². The van der Waals surface area contributed by atoms with E-state index in [1.807, 2.05) is 6.92 Å². The molecular weight excluding hydrogens is 259 g/mol. The van der Waals surface area contributed by atoms with E-state index in [2.05, 4.69) is 10.2 Å². The summed E-state index contributed by atoms with van der Waals surface area (Å²) in [7, 11) is 0. The molecule has 110 valence electrons. The van der Waals surface area contributed by atoms with Crippen molar-refractivity contribution >= 4 is 11.6 Å². The summed E-state index contributed by atoms with van der Waals surface area (Å²) in [5.41, 5.74) is 0.607. The number of carbonyl (C=O) groups is 1. The standard InChI is InChI=1S/C15H21FN2O2/c1-11(19)12-6-8-18(9-7-12)10-15(20)17-14-4-2-13(16)3-5-14/h2-5,11-12,19H,6-10H2,1H3,(H,17,20). The number of anilines is 1. The summed E-state index contributed by atoms with van der Waals surface area (Å²) < 4.78 is 12.8. The highest BCUT2D eigenvalue weighted by atomic mass is 19.1. The van der Waals surface area contributed by atoms with Gasteiger partial charge in [0, 0.05) is 5.69 Å². The van der Waals surface area contributed by atoms with E-state index in [-0.39, 0.29) is 17.8 Å². The second-order valence-electron chi connectivity index (χ2n) is 5.41. The normalized spacial score (nSPS) is 18.8. The van der Waals surface area contributed by atoms with Crippen LogP contribution in [0.1, 0.15) is 19.8 Å². The summed E-state index contributed by atoms with van der Waals surface area (Å²) in [6.07, 6.45) is 1.56. The molecule has 0 radical (unpaired) electrons. The average Bonchev–Trinajstić information content (AvgIpc) is 2.42. The summed E-state index contributed by atoms with van der Waals surface area (Å²) in [4.78, 5) is 14.0. The Balaban J connectivity index is 1.77. The van der Waals surface area contributed by atoms with Crippen LogP contribution in [0.3, 0.4) is 0 Å². The summed E-state index contributed by atoms with van der Waals surface area (Å²) in [5, 5.41) is 12.3. The highest BCUT2D eigenvalue weighted by molar-refractivity contribution is 5.92. The fourth-order valence-corrected chi connectivity index (χ4v) is 2.53. The van der Waals surface area contributed by atoms with Gasteiger partial charge in [0.2, 0.25) is 5.91 Å². The van der Waals surface area contributed by atoms with E-state index in [0.717, 1.165) is 25.9 Å². The maximum Gasteiger partial charge on any atom is 0.238 e. The summed E-state index contributed by atoms with van der Waals surface area (Å²) >= 11 is 0. The molecule has 1 fully saturated rings. The Kier molecular flexibility index (Phi) is 5.09. The summed E-state index contributed by atoms with van der Waals surface area (Å²) in [6, 6.07) is 5.74. The molecule has 0 spiro atoms. The van der Waals surface area contributed by atoms with E-state index in [1.165, 1.54) is 12.1 Å². The van der Waals surface area contributed by atoms with Crippen LogP contribution in [0.5, 0.6) is 0 Å². The smallest absolute Gasteiger partial charge is 0.238 e. The quantitative estimate of drug-likeness (QED) is 0.885. The van der Waals surface area contributed by atoms with Crippen LogP contribution in [0.4, 0.5) is 10.1 Å². The van der Waals surface area contributed by atoms with E-state index >= 15 is 0 Å². The van der Waals surface area contributed by atoms with Gasteiger partial charge in [-0.15, -0.1) is 0 Å². The zero-order valence-corrected chi connectivity index (χ0v) is 11.7. The first kappa shape index (κ1) is 14.9. The number of halogens is 1. The Hall–Kier alpha value is -1.46. The van der Waals surface area contributed by atoms with Crippen LogP contribution in [0, 0.1) is 11.7 Å². The molecule has 0 bridgehead atoms. The second-order valence-corrected chi connectivity index (χ2v) is 5.41. The maximum atomic E-state index is 12.8. The van der Waals surface area contributed by atoms with Crippen LogP contribution in [0.15, 0.2) is 24.3 Å². The lowest BCUT2D eigenvalue weighted by molar-refractivity contribution is -0.117. The lowest BCUT2D eigenvalue weighted by atomic mass is 9.92. The molecule has 1 unspecified atom stereocenters. The van der Waals surface area contributed by atoms with Gasteiger partial charge < -0.3 is 10.4 Å². The molecule has 1 aromatic rings. The number of aliphatic hydroxyl groups excluding tert-OH is 1. The highest BCUT2D eigenvalue weighted by Gasteiger charge is 2.23. The van der Waals surface area contributed by atoms with Crippen LogP contribution in [0.2, 0.25) is 0 Å². The molecule has 20 heavy (non-hydrogen) atoms. The van der Waals surface area contributed by atoms with Crippen LogP contribution < -0.4 is 5.32 Å². The van der Waals surface area contributed by atoms with Gasteiger partial charge in [-0.2, -0.15) is 0 Å². The van der Waals surface area contributed by atoms with E-state index in [9.17, 15) is 14.3 Å². The zero-order valence-electron chi connectivity index (χ0n) is 11.7. The SMILES string of the molecule is CC(O)C1CCN(CC(=O)Nc2ccc(F)cc2)CC1. The highest BCUT2D eigenvalue weighted by Crippen LogP contribution is 2.20. The van der Waals surface area contributed by atoms with Crippen molar-refractivity contribution in [2.45, 2.75) is 25.9 Å². The number of carbonyl (C=O) groups excluding carboxylic acids is 1. The first-order valence-electron chi connectivity index (χ1n) is 7.00. The number of nitrogens with one attached hydrogen (secondary N) is 1. The molecule has 1 aliphatic heterocycles. The minimum atomic E-state index is -0.316. The van der Waals surface area contributed by atoms with Gasteiger partial charge in [0.1, 0.15) is 5.82 Å². The first-order valence-corrected chi connectivity index (χ1v) is 7.00. The molecular formula is C15H21FN2O2. The van der Waals surface area contributed by atoms with Gasteiger partial charge in [-0.25, -0.2) is 4.39 Å². The van der Waals surface area contributed by atoms with E-state index < -0.39 is 0 Å². The van der Waals surface area contributed by atoms with Crippen molar-refractivity contribution in [2.75, 3.05) is 25.0 Å². The fourth-order valence-electron chi connectivity index (χ4n) is 2.53. The summed E-state index contributed by atoms with van der Waals surface area (Å²) in [5.74, 6) is -0.0679. The number of benzene rings is 1. The van der Waals surface area contributed by atoms with Gasteiger partial charge in [0.15, 0.2) is 0 Å². The molecule has 1 atom stereocenters. The second kappa shape index (κ2) is 6.81. The lowest BCUT2D eigenvalue weighted by Gasteiger charge is -2.32. The Labute approximate surface area is 118 Å². The molecule has 1 amide bonds. The molecule has 1 aromatic carbocycles. The number of piperidine rings is 1. The topological polar surface area (TPSA) is 52.6 Å². The Morgan fingerprint density at radius 3 is 2.55 bits per heavy atom. The minimum Gasteiger partial charge on any atom is -0.393 e. The third kappa shape index (κ3) is 4.28. The van der Waals surface area contributed by atoms with Crippen LogP contribution >= 0.6 is 0 Å². The first-order chi connectivity index (χ1) is 9.54. The molecule has 5 heteroatoms. The number of likely N-dealkylation sites (tertiary alicyclic amines) is 1. The van der Waals surface area contributed by atoms with Crippen LogP contribution in [-0.4, -0.2) is 41.7 Å². The van der Waals surface area contributed by atoms with Gasteiger partial charge in [-0.1, -0.05) is 0 Å². The Morgan fingerprint density at radius 1 is 1.40 bits per heavy atom. The van der Waals surface area contributed by atoms with Gasteiger partial charge in [0.05, 0.1) is 12.6 Å². The van der Waals surface area contributed by atoms with Crippen molar-refractivity contribution in [3.8, 4) is 0 Å². The molecule has 1 aliphatic rings. The zero-order chi connectivity index (χ0) is 14.5. The van der Waals surface area contributed by atoms with Gasteiger partial charge >= 0.3 is 0 Å². The third-order valence-corrected chi connectivity index (χ3v) is 3.81. The van der Waals surface area contributed by atoms with Gasteiger partial charge in [0.25, 0.3) is 0 Å². The number of amides is 1. The summed E-state index contributed by atoms with van der Waals surface area (Å²) in [6.45, 7) is 3.81. The van der Waals surface area contributed by atoms with E-state index in [1.54, 1.807) is 12.1 Å². The molecule has 1 heterocycles. The minimum absolute atomic E-state index is 0.0906. The van der Waals surface area contributed by atoms with Crippen molar-refractivity contribution in [1.82, 2.24) is 4.90 Å². The maximum absolute atomic E-state index is 12.8. The van der Waals surface area contributed by atoms with Gasteiger partial charge in [-0.3, -0.25) is 9.69 Å². The Morgan fingerprint density at radius 2 is 2.00 bits per heavy atom. The third-order valence-electron chi connectivity index (χ3n) is 3.81. The van der Waals surface area contributed by atoms with Crippen molar-refractivity contribution in [2.24, 2.45) is 5.92 Å². The van der Waals surface area contributed by atoms with Crippen molar-refractivity contribution in [1.29, 1.82) is 0 Å². The average molecular weight is 280 g/mol. The molecule has 2 rings (SSSR count). The van der Waals surface area contributed by atoms with Gasteiger partial charge in [-0.05, 0) is 63.0 Å². The molecule has 0 aromatic heterocycles. The largest absolute Gasteiger partial charge is 0.393 e. The number of hydrogen-bond donors (Lipinski definition) is 2. The van der Waals surface area contributed by atoms with E-state index in [4.69, 9.17) is 0 Å².